The summed E-state index contributed by atoms with van der Waals surface area (Å²) in [5, 5.41) is 10.1. The third-order valence-corrected chi connectivity index (χ3v) is 4.32. The normalized spacial score (nSPS) is 17.6. The number of hydrogen-bond donors (Lipinski definition) is 1. The zero-order valence-electron chi connectivity index (χ0n) is 9.85. The SMILES string of the molecule is CCN(c1ncc(CO)s1)C1CCCCC1. The Bertz CT molecular complexity index is 321. The summed E-state index contributed by atoms with van der Waals surface area (Å²) in [5.74, 6) is 0. The van der Waals surface area contributed by atoms with Crippen LogP contribution in [0.4, 0.5) is 5.13 Å². The number of nitrogens with zero attached hydrogens (tertiary/aromatic N) is 2. The van der Waals surface area contributed by atoms with E-state index in [-0.39, 0.29) is 6.61 Å². The summed E-state index contributed by atoms with van der Waals surface area (Å²) in [4.78, 5) is 7.79. The van der Waals surface area contributed by atoms with Crippen LogP contribution < -0.4 is 4.90 Å². The Hall–Kier alpha value is -0.610. The molecule has 1 aromatic heterocycles. The second-order valence-corrected chi connectivity index (χ2v) is 5.44. The molecule has 90 valence electrons. The third kappa shape index (κ3) is 2.55. The van der Waals surface area contributed by atoms with E-state index in [2.05, 4.69) is 16.8 Å². The monoisotopic (exact) mass is 240 g/mol. The van der Waals surface area contributed by atoms with Crippen molar-refractivity contribution < 1.29 is 5.11 Å². The standard InChI is InChI=1S/C12H20N2OS/c1-2-14(10-6-4-3-5-7-10)12-13-8-11(9-15)16-12/h8,10,15H,2-7,9H2,1H3. The number of aromatic nitrogens is 1. The van der Waals surface area contributed by atoms with Gasteiger partial charge in [0, 0.05) is 18.8 Å². The van der Waals surface area contributed by atoms with Gasteiger partial charge in [0.2, 0.25) is 0 Å². The van der Waals surface area contributed by atoms with E-state index in [1.165, 1.54) is 32.1 Å². The van der Waals surface area contributed by atoms with Crippen LogP contribution in [0.15, 0.2) is 6.20 Å². The van der Waals surface area contributed by atoms with Gasteiger partial charge < -0.3 is 10.0 Å². The molecule has 4 heteroatoms. The zero-order chi connectivity index (χ0) is 11.4. The van der Waals surface area contributed by atoms with E-state index >= 15 is 0 Å². The van der Waals surface area contributed by atoms with Crippen molar-refractivity contribution in [2.24, 2.45) is 0 Å². The fraction of sp³-hybridized carbons (Fsp3) is 0.750. The van der Waals surface area contributed by atoms with E-state index < -0.39 is 0 Å². The summed E-state index contributed by atoms with van der Waals surface area (Å²) >= 11 is 1.62. The molecule has 0 aliphatic heterocycles. The topological polar surface area (TPSA) is 36.4 Å². The Morgan fingerprint density at radius 3 is 2.75 bits per heavy atom. The number of rotatable bonds is 4. The molecule has 1 heterocycles. The van der Waals surface area contributed by atoms with Gasteiger partial charge in [0.1, 0.15) is 0 Å². The number of hydrogen-bond acceptors (Lipinski definition) is 4. The van der Waals surface area contributed by atoms with Gasteiger partial charge in [-0.15, -0.1) is 0 Å². The van der Waals surface area contributed by atoms with Crippen molar-refractivity contribution in [1.29, 1.82) is 0 Å². The van der Waals surface area contributed by atoms with E-state index in [9.17, 15) is 0 Å². The van der Waals surface area contributed by atoms with Crippen LogP contribution in [0.1, 0.15) is 43.9 Å². The predicted molar refractivity (Wildman–Crippen MR) is 67.9 cm³/mol. The molecule has 0 aromatic carbocycles. The molecule has 0 spiro atoms. The van der Waals surface area contributed by atoms with Gasteiger partial charge in [-0.25, -0.2) is 4.98 Å². The minimum absolute atomic E-state index is 0.111. The highest BCUT2D eigenvalue weighted by atomic mass is 32.1. The van der Waals surface area contributed by atoms with Crippen molar-refractivity contribution in [3.63, 3.8) is 0 Å². The molecular formula is C12H20N2OS. The van der Waals surface area contributed by atoms with Gasteiger partial charge in [0.05, 0.1) is 11.5 Å². The smallest absolute Gasteiger partial charge is 0.185 e. The molecule has 1 aliphatic carbocycles. The lowest BCUT2D eigenvalue weighted by molar-refractivity contribution is 0.285. The number of aliphatic hydroxyl groups is 1. The fourth-order valence-electron chi connectivity index (χ4n) is 2.45. The molecule has 1 fully saturated rings. The minimum Gasteiger partial charge on any atom is -0.391 e. The molecule has 3 nitrogen and oxygen atoms in total. The highest BCUT2D eigenvalue weighted by molar-refractivity contribution is 7.15. The Morgan fingerprint density at radius 2 is 2.19 bits per heavy atom. The van der Waals surface area contributed by atoms with Gasteiger partial charge in [-0.2, -0.15) is 0 Å². The minimum atomic E-state index is 0.111. The lowest BCUT2D eigenvalue weighted by atomic mass is 9.94. The second kappa shape index (κ2) is 5.64. The molecule has 2 rings (SSSR count). The highest BCUT2D eigenvalue weighted by Gasteiger charge is 2.22. The van der Waals surface area contributed by atoms with Gasteiger partial charge >= 0.3 is 0 Å². The maximum absolute atomic E-state index is 9.07. The summed E-state index contributed by atoms with van der Waals surface area (Å²) in [5.41, 5.74) is 0. The molecule has 0 radical (unpaired) electrons. The molecular weight excluding hydrogens is 220 g/mol. The average Bonchev–Trinajstić information content (AvgIpc) is 2.80. The van der Waals surface area contributed by atoms with Crippen molar-refractivity contribution in [2.45, 2.75) is 51.7 Å². The summed E-state index contributed by atoms with van der Waals surface area (Å²) < 4.78 is 0. The Kier molecular flexibility index (Phi) is 4.18. The summed E-state index contributed by atoms with van der Waals surface area (Å²) in [6, 6.07) is 0.663. The van der Waals surface area contributed by atoms with Crippen molar-refractivity contribution in [3.8, 4) is 0 Å². The van der Waals surface area contributed by atoms with Crippen LogP contribution in [0.3, 0.4) is 0 Å². The van der Waals surface area contributed by atoms with Crippen molar-refractivity contribution in [3.05, 3.63) is 11.1 Å². The van der Waals surface area contributed by atoms with Crippen molar-refractivity contribution >= 4 is 16.5 Å². The van der Waals surface area contributed by atoms with Crippen molar-refractivity contribution in [2.75, 3.05) is 11.4 Å². The van der Waals surface area contributed by atoms with E-state index in [0.29, 0.717) is 6.04 Å². The van der Waals surface area contributed by atoms with Crippen molar-refractivity contribution in [1.82, 2.24) is 4.98 Å². The van der Waals surface area contributed by atoms with Gasteiger partial charge in [-0.1, -0.05) is 30.6 Å². The largest absolute Gasteiger partial charge is 0.391 e. The summed E-state index contributed by atoms with van der Waals surface area (Å²) in [7, 11) is 0. The van der Waals surface area contributed by atoms with Crippen LogP contribution >= 0.6 is 11.3 Å². The summed E-state index contributed by atoms with van der Waals surface area (Å²) in [6.45, 7) is 3.32. The highest BCUT2D eigenvalue weighted by Crippen LogP contribution is 2.30. The van der Waals surface area contributed by atoms with Crippen LogP contribution in [-0.2, 0) is 6.61 Å². The van der Waals surface area contributed by atoms with Crippen LogP contribution in [0.25, 0.3) is 0 Å². The van der Waals surface area contributed by atoms with Crippen LogP contribution in [0.5, 0.6) is 0 Å². The maximum atomic E-state index is 9.07. The third-order valence-electron chi connectivity index (χ3n) is 3.30. The molecule has 0 saturated heterocycles. The molecule has 1 saturated carbocycles. The predicted octanol–water partition coefficient (Wildman–Crippen LogP) is 2.79. The van der Waals surface area contributed by atoms with E-state index in [1.807, 2.05) is 0 Å². The number of anilines is 1. The lowest BCUT2D eigenvalue weighted by Crippen LogP contribution is -2.36. The Labute approximate surface area is 101 Å². The first kappa shape index (κ1) is 11.9. The van der Waals surface area contributed by atoms with Gasteiger partial charge in [0.25, 0.3) is 0 Å². The van der Waals surface area contributed by atoms with Crippen LogP contribution in [0.2, 0.25) is 0 Å². The molecule has 1 N–H and O–H groups in total. The molecule has 0 bridgehead atoms. The molecule has 16 heavy (non-hydrogen) atoms. The summed E-state index contributed by atoms with van der Waals surface area (Å²) in [6.07, 6.45) is 8.46. The molecule has 0 atom stereocenters. The van der Waals surface area contributed by atoms with Crippen LogP contribution in [-0.4, -0.2) is 22.7 Å². The number of aliphatic hydroxyl groups excluding tert-OH is 1. The van der Waals surface area contributed by atoms with E-state index in [1.54, 1.807) is 17.5 Å². The van der Waals surface area contributed by atoms with Gasteiger partial charge in [-0.05, 0) is 19.8 Å². The molecule has 0 unspecified atom stereocenters. The Morgan fingerprint density at radius 1 is 1.44 bits per heavy atom. The first-order chi connectivity index (χ1) is 7.85. The second-order valence-electron chi connectivity index (χ2n) is 4.35. The maximum Gasteiger partial charge on any atom is 0.185 e. The first-order valence-corrected chi connectivity index (χ1v) is 6.99. The quantitative estimate of drug-likeness (QED) is 0.879. The van der Waals surface area contributed by atoms with E-state index in [4.69, 9.17) is 5.11 Å². The number of thiazole rings is 1. The van der Waals surface area contributed by atoms with Gasteiger partial charge in [0.15, 0.2) is 5.13 Å². The lowest BCUT2D eigenvalue weighted by Gasteiger charge is -2.33. The van der Waals surface area contributed by atoms with Crippen LogP contribution in [0, 0.1) is 0 Å². The average molecular weight is 240 g/mol. The zero-order valence-corrected chi connectivity index (χ0v) is 10.7. The molecule has 1 aromatic rings. The fourth-order valence-corrected chi connectivity index (χ4v) is 3.35. The first-order valence-electron chi connectivity index (χ1n) is 6.17. The molecule has 0 amide bonds. The molecule has 1 aliphatic rings. The van der Waals surface area contributed by atoms with E-state index in [0.717, 1.165) is 16.6 Å². The Balaban J connectivity index is 2.08. The van der Waals surface area contributed by atoms with Gasteiger partial charge in [-0.3, -0.25) is 0 Å².